The topological polar surface area (TPSA) is 131 Å². The average molecular weight is 523 g/mol. The molecule has 188 valence electrons. The van der Waals surface area contributed by atoms with E-state index in [1.165, 1.54) is 12.5 Å². The van der Waals surface area contributed by atoms with Crippen molar-refractivity contribution < 1.29 is 33.2 Å². The molecule has 0 amide bonds. The number of hydrogen-bond acceptors (Lipinski definition) is 8. The van der Waals surface area contributed by atoms with Crippen LogP contribution in [-0.2, 0) is 4.74 Å². The lowest BCUT2D eigenvalue weighted by molar-refractivity contribution is -0.210. The zero-order chi connectivity index (χ0) is 25.6. The summed E-state index contributed by atoms with van der Waals surface area (Å²) in [6.07, 6.45) is -2.65. The second-order valence-corrected chi connectivity index (χ2v) is 8.56. The summed E-state index contributed by atoms with van der Waals surface area (Å²) in [5.74, 6) is -4.27. The molecule has 3 N–H and O–H groups in total. The van der Waals surface area contributed by atoms with Gasteiger partial charge in [0.05, 0.1) is 12.8 Å². The van der Waals surface area contributed by atoms with Crippen molar-refractivity contribution in [2.24, 2.45) is 0 Å². The van der Waals surface area contributed by atoms with E-state index in [4.69, 9.17) is 16.3 Å². The Balaban J connectivity index is 1.51. The molecule has 36 heavy (non-hydrogen) atoms. The van der Waals surface area contributed by atoms with E-state index in [0.717, 1.165) is 16.8 Å². The minimum atomic E-state index is -1.63. The maximum atomic E-state index is 13.7. The third kappa shape index (κ3) is 4.24. The lowest BCUT2D eigenvalue weighted by Crippen LogP contribution is -2.53. The van der Waals surface area contributed by atoms with Crippen molar-refractivity contribution in [2.45, 2.75) is 30.5 Å². The fourth-order valence-corrected chi connectivity index (χ4v) is 4.25. The van der Waals surface area contributed by atoms with Gasteiger partial charge in [-0.05, 0) is 36.4 Å². The van der Waals surface area contributed by atoms with Gasteiger partial charge in [0.2, 0.25) is 0 Å². The van der Waals surface area contributed by atoms with Crippen LogP contribution in [0.15, 0.2) is 48.9 Å². The molecule has 2 aromatic carbocycles. The molecular weight excluding hydrogens is 505 g/mol. The van der Waals surface area contributed by atoms with Crippen LogP contribution in [0.1, 0.15) is 18.0 Å². The molecule has 5 rings (SSSR count). The van der Waals surface area contributed by atoms with Crippen molar-refractivity contribution in [3.05, 3.63) is 77.2 Å². The normalized spacial score (nSPS) is 24.2. The van der Waals surface area contributed by atoms with Gasteiger partial charge in [0.1, 0.15) is 42.5 Å². The first-order chi connectivity index (χ1) is 17.3. The van der Waals surface area contributed by atoms with Gasteiger partial charge in [-0.2, -0.15) is 0 Å². The zero-order valence-electron chi connectivity index (χ0n) is 18.2. The summed E-state index contributed by atoms with van der Waals surface area (Å²) < 4.78 is 49.2. The Labute approximate surface area is 206 Å². The van der Waals surface area contributed by atoms with Crippen LogP contribution < -0.4 is 0 Å². The standard InChI is InChI=1S/C22H18ClF3N6O4/c23-11-1-3-12(4-2-11)31-9-27-29-22(31)21-20(35)18(19(34)16(8-33)36-21)32-7-15(28-30-32)10-5-13(24)17(26)14(25)6-10/h1-7,9,16,18-21,33-35H,8H2/t16-,18+,19+,20-,21-/m1/s1. The molecular formula is C22H18ClF3N6O4. The molecule has 0 spiro atoms. The first kappa shape index (κ1) is 24.3. The fraction of sp³-hybridized carbons (Fsp3) is 0.273. The van der Waals surface area contributed by atoms with Crippen LogP contribution >= 0.6 is 11.6 Å². The first-order valence-corrected chi connectivity index (χ1v) is 11.0. The highest BCUT2D eigenvalue weighted by Crippen LogP contribution is 2.38. The molecule has 10 nitrogen and oxygen atoms in total. The molecule has 0 unspecified atom stereocenters. The van der Waals surface area contributed by atoms with Crippen molar-refractivity contribution in [1.29, 1.82) is 0 Å². The molecule has 5 atom stereocenters. The molecule has 0 bridgehead atoms. The van der Waals surface area contributed by atoms with Crippen LogP contribution in [0.5, 0.6) is 0 Å². The summed E-state index contributed by atoms with van der Waals surface area (Å²) in [6, 6.07) is 6.98. The molecule has 1 saturated heterocycles. The monoisotopic (exact) mass is 522 g/mol. The van der Waals surface area contributed by atoms with E-state index in [-0.39, 0.29) is 17.1 Å². The average Bonchev–Trinajstić information content (AvgIpc) is 3.54. The summed E-state index contributed by atoms with van der Waals surface area (Å²) in [6.45, 7) is -0.605. The largest absolute Gasteiger partial charge is 0.394 e. The minimum Gasteiger partial charge on any atom is -0.394 e. The highest BCUT2D eigenvalue weighted by Gasteiger charge is 2.48. The van der Waals surface area contributed by atoms with Gasteiger partial charge < -0.3 is 20.1 Å². The number of benzene rings is 2. The highest BCUT2D eigenvalue weighted by atomic mass is 35.5. The number of aromatic nitrogens is 6. The minimum absolute atomic E-state index is 0.0416. The highest BCUT2D eigenvalue weighted by molar-refractivity contribution is 6.30. The zero-order valence-corrected chi connectivity index (χ0v) is 18.9. The lowest BCUT2D eigenvalue weighted by Gasteiger charge is -2.41. The Morgan fingerprint density at radius 2 is 1.69 bits per heavy atom. The van der Waals surface area contributed by atoms with Gasteiger partial charge in [0.25, 0.3) is 0 Å². The molecule has 2 aromatic heterocycles. The van der Waals surface area contributed by atoms with Gasteiger partial charge in [0, 0.05) is 16.3 Å². The molecule has 1 aliphatic rings. The first-order valence-electron chi connectivity index (χ1n) is 10.6. The number of nitrogens with zero attached hydrogens (tertiary/aromatic N) is 6. The van der Waals surface area contributed by atoms with Crippen LogP contribution in [0, 0.1) is 17.5 Å². The Morgan fingerprint density at radius 1 is 1.00 bits per heavy atom. The number of aliphatic hydroxyl groups is 3. The number of rotatable bonds is 5. The third-order valence-corrected chi connectivity index (χ3v) is 6.17. The van der Waals surface area contributed by atoms with E-state index in [1.807, 2.05) is 0 Å². The van der Waals surface area contributed by atoms with E-state index in [1.54, 1.807) is 28.8 Å². The number of halogens is 4. The van der Waals surface area contributed by atoms with Crippen molar-refractivity contribution in [3.8, 4) is 16.9 Å². The second-order valence-electron chi connectivity index (χ2n) is 8.12. The van der Waals surface area contributed by atoms with Crippen molar-refractivity contribution in [1.82, 2.24) is 29.8 Å². The third-order valence-electron chi connectivity index (χ3n) is 5.92. The SMILES string of the molecule is OC[C@H]1O[C@@H](c2nncn2-c2ccc(Cl)cc2)[C@H](O)[C@@H](n2cc(-c3cc(F)c(F)c(F)c3)nn2)[C@H]1O. The predicted octanol–water partition coefficient (Wildman–Crippen LogP) is 1.99. The summed E-state index contributed by atoms with van der Waals surface area (Å²) in [5.41, 5.74) is 0.466. The maximum absolute atomic E-state index is 13.7. The van der Waals surface area contributed by atoms with E-state index >= 15 is 0 Å². The Kier molecular flexibility index (Phi) is 6.49. The van der Waals surface area contributed by atoms with Crippen molar-refractivity contribution >= 4 is 11.6 Å². The van der Waals surface area contributed by atoms with Crippen LogP contribution in [0.2, 0.25) is 5.02 Å². The lowest BCUT2D eigenvalue weighted by atomic mass is 9.92. The summed E-state index contributed by atoms with van der Waals surface area (Å²) in [7, 11) is 0. The second kappa shape index (κ2) is 9.59. The Hall–Kier alpha value is -3.36. The number of ether oxygens (including phenoxy) is 1. The summed E-state index contributed by atoms with van der Waals surface area (Å²) in [4.78, 5) is 0. The van der Waals surface area contributed by atoms with E-state index in [2.05, 4.69) is 20.5 Å². The van der Waals surface area contributed by atoms with Gasteiger partial charge in [0.15, 0.2) is 23.3 Å². The molecule has 14 heteroatoms. The molecule has 0 saturated carbocycles. The molecule has 0 aliphatic carbocycles. The summed E-state index contributed by atoms with van der Waals surface area (Å²) >= 11 is 5.96. The molecule has 4 aromatic rings. The van der Waals surface area contributed by atoms with Crippen LogP contribution in [0.3, 0.4) is 0 Å². The quantitative estimate of drug-likeness (QED) is 0.339. The van der Waals surface area contributed by atoms with E-state index < -0.39 is 54.5 Å². The maximum Gasteiger partial charge on any atom is 0.194 e. The number of hydrogen-bond donors (Lipinski definition) is 3. The number of aliphatic hydroxyl groups excluding tert-OH is 3. The van der Waals surface area contributed by atoms with E-state index in [0.29, 0.717) is 10.7 Å². The van der Waals surface area contributed by atoms with Gasteiger partial charge in [-0.15, -0.1) is 15.3 Å². The van der Waals surface area contributed by atoms with Gasteiger partial charge >= 0.3 is 0 Å². The van der Waals surface area contributed by atoms with Crippen LogP contribution in [0.25, 0.3) is 16.9 Å². The Bertz CT molecular complexity index is 1360. The van der Waals surface area contributed by atoms with Gasteiger partial charge in [-0.1, -0.05) is 16.8 Å². The fourth-order valence-electron chi connectivity index (χ4n) is 4.12. The molecule has 3 heterocycles. The van der Waals surface area contributed by atoms with Crippen molar-refractivity contribution in [2.75, 3.05) is 6.61 Å². The van der Waals surface area contributed by atoms with Crippen LogP contribution in [-0.4, -0.2) is 70.0 Å². The van der Waals surface area contributed by atoms with Crippen molar-refractivity contribution in [3.63, 3.8) is 0 Å². The smallest absolute Gasteiger partial charge is 0.194 e. The molecule has 0 radical (unpaired) electrons. The summed E-state index contributed by atoms with van der Waals surface area (Å²) in [5, 5.41) is 48.1. The van der Waals surface area contributed by atoms with Gasteiger partial charge in [-0.3, -0.25) is 4.57 Å². The van der Waals surface area contributed by atoms with E-state index in [9.17, 15) is 28.5 Å². The molecule has 1 aliphatic heterocycles. The predicted molar refractivity (Wildman–Crippen MR) is 117 cm³/mol. The van der Waals surface area contributed by atoms with Gasteiger partial charge in [-0.25, -0.2) is 17.9 Å². The van der Waals surface area contributed by atoms with Crippen LogP contribution in [0.4, 0.5) is 13.2 Å². The Morgan fingerprint density at radius 3 is 2.36 bits per heavy atom. The molecule has 1 fully saturated rings.